The zero-order chi connectivity index (χ0) is 19.6. The minimum absolute atomic E-state index is 0.0208. The number of pyridine rings is 1. The van der Waals surface area contributed by atoms with Crippen molar-refractivity contribution in [2.24, 2.45) is 0 Å². The number of hydrogen-bond donors (Lipinski definition) is 0. The molecular formula is C18H15FN2O5S. The molecule has 0 aliphatic rings. The van der Waals surface area contributed by atoms with E-state index in [2.05, 4.69) is 4.98 Å². The van der Waals surface area contributed by atoms with Gasteiger partial charge in [-0.15, -0.1) is 0 Å². The highest BCUT2D eigenvalue weighted by Gasteiger charge is 2.28. The van der Waals surface area contributed by atoms with Crippen molar-refractivity contribution in [3.63, 3.8) is 0 Å². The normalized spacial score (nSPS) is 11.2. The fraction of sp³-hybridized carbons (Fsp3) is 0.111. The SMILES string of the molecule is COc1ccc(S(=O)(=O)n2cc(C=O)c(OC)c2-c2ccccc2F)cn1. The molecule has 0 aliphatic carbocycles. The van der Waals surface area contributed by atoms with Crippen LogP contribution in [0.25, 0.3) is 11.3 Å². The molecule has 7 nitrogen and oxygen atoms in total. The fourth-order valence-electron chi connectivity index (χ4n) is 2.62. The highest BCUT2D eigenvalue weighted by Crippen LogP contribution is 2.38. The quantitative estimate of drug-likeness (QED) is 0.602. The monoisotopic (exact) mass is 390 g/mol. The Morgan fingerprint density at radius 2 is 1.85 bits per heavy atom. The fourth-order valence-corrected chi connectivity index (χ4v) is 3.95. The van der Waals surface area contributed by atoms with Crippen LogP contribution in [-0.2, 0) is 10.0 Å². The Kier molecular flexibility index (Phi) is 4.95. The van der Waals surface area contributed by atoms with Crippen LogP contribution in [0, 0.1) is 5.82 Å². The molecule has 0 spiro atoms. The second-order valence-electron chi connectivity index (χ2n) is 5.40. The number of aromatic nitrogens is 2. The van der Waals surface area contributed by atoms with Gasteiger partial charge in [-0.05, 0) is 18.2 Å². The van der Waals surface area contributed by atoms with Gasteiger partial charge in [-0.25, -0.2) is 21.8 Å². The lowest BCUT2D eigenvalue weighted by Crippen LogP contribution is -2.14. The van der Waals surface area contributed by atoms with Crippen molar-refractivity contribution in [2.45, 2.75) is 4.90 Å². The average Bonchev–Trinajstić information content (AvgIpc) is 3.07. The molecule has 27 heavy (non-hydrogen) atoms. The van der Waals surface area contributed by atoms with Crippen LogP contribution < -0.4 is 9.47 Å². The van der Waals surface area contributed by atoms with E-state index in [-0.39, 0.29) is 33.3 Å². The largest absolute Gasteiger partial charge is 0.494 e. The minimum Gasteiger partial charge on any atom is -0.494 e. The molecular weight excluding hydrogens is 375 g/mol. The molecule has 9 heteroatoms. The first-order valence-electron chi connectivity index (χ1n) is 7.69. The van der Waals surface area contributed by atoms with Gasteiger partial charge in [0.15, 0.2) is 12.0 Å². The Hall–Kier alpha value is -3.20. The zero-order valence-corrected chi connectivity index (χ0v) is 15.2. The summed E-state index contributed by atoms with van der Waals surface area (Å²) >= 11 is 0. The van der Waals surface area contributed by atoms with E-state index in [4.69, 9.17) is 9.47 Å². The highest BCUT2D eigenvalue weighted by molar-refractivity contribution is 7.90. The molecule has 0 saturated carbocycles. The maximum atomic E-state index is 14.4. The van der Waals surface area contributed by atoms with Gasteiger partial charge in [0.2, 0.25) is 5.88 Å². The number of carbonyl (C=O) groups excluding carboxylic acids is 1. The molecule has 0 radical (unpaired) electrons. The van der Waals surface area contributed by atoms with E-state index < -0.39 is 15.8 Å². The van der Waals surface area contributed by atoms with Crippen molar-refractivity contribution in [1.82, 2.24) is 8.96 Å². The number of hydrogen-bond acceptors (Lipinski definition) is 6. The Bertz CT molecular complexity index is 1090. The summed E-state index contributed by atoms with van der Waals surface area (Å²) in [6.45, 7) is 0. The first-order valence-corrected chi connectivity index (χ1v) is 9.13. The average molecular weight is 390 g/mol. The smallest absolute Gasteiger partial charge is 0.269 e. The number of nitrogens with zero attached hydrogens (tertiary/aromatic N) is 2. The van der Waals surface area contributed by atoms with Crippen molar-refractivity contribution in [2.75, 3.05) is 14.2 Å². The van der Waals surface area contributed by atoms with Gasteiger partial charge in [-0.1, -0.05) is 12.1 Å². The number of benzene rings is 1. The number of rotatable bonds is 6. The molecule has 2 aromatic heterocycles. The molecule has 3 aromatic rings. The number of carbonyl (C=O) groups is 1. The molecule has 0 unspecified atom stereocenters. The van der Waals surface area contributed by atoms with Crippen molar-refractivity contribution >= 4 is 16.3 Å². The standard InChI is InChI=1S/C18H15FN2O5S/c1-25-16-8-7-13(9-20-16)27(23,24)21-10-12(11-22)18(26-2)17(21)14-5-3-4-6-15(14)19/h3-11H,1-2H3. The van der Waals surface area contributed by atoms with Gasteiger partial charge in [0.1, 0.15) is 16.4 Å². The van der Waals surface area contributed by atoms with Crippen LogP contribution >= 0.6 is 0 Å². The van der Waals surface area contributed by atoms with Crippen molar-refractivity contribution < 1.29 is 27.1 Å². The van der Waals surface area contributed by atoms with Gasteiger partial charge >= 0.3 is 0 Å². The van der Waals surface area contributed by atoms with Crippen molar-refractivity contribution in [3.05, 3.63) is 60.2 Å². The van der Waals surface area contributed by atoms with E-state index in [1.54, 1.807) is 6.07 Å². The summed E-state index contributed by atoms with van der Waals surface area (Å²) in [4.78, 5) is 15.1. The van der Waals surface area contributed by atoms with Gasteiger partial charge < -0.3 is 9.47 Å². The zero-order valence-electron chi connectivity index (χ0n) is 14.4. The Morgan fingerprint density at radius 1 is 1.11 bits per heavy atom. The molecule has 0 fully saturated rings. The highest BCUT2D eigenvalue weighted by atomic mass is 32.2. The summed E-state index contributed by atoms with van der Waals surface area (Å²) in [5.74, 6) is -0.460. The van der Waals surface area contributed by atoms with Gasteiger partial charge in [-0.2, -0.15) is 0 Å². The van der Waals surface area contributed by atoms with Crippen molar-refractivity contribution in [1.29, 1.82) is 0 Å². The molecule has 2 heterocycles. The second kappa shape index (κ2) is 7.20. The summed E-state index contributed by atoms with van der Waals surface area (Å²) in [5.41, 5.74) is -0.137. The lowest BCUT2D eigenvalue weighted by atomic mass is 10.1. The van der Waals surface area contributed by atoms with Crippen LogP contribution in [0.5, 0.6) is 11.6 Å². The number of ether oxygens (including phenoxy) is 2. The van der Waals surface area contributed by atoms with E-state index in [9.17, 15) is 17.6 Å². The summed E-state index contributed by atoms with van der Waals surface area (Å²) in [5, 5.41) is 0. The molecule has 1 aromatic carbocycles. The van der Waals surface area contributed by atoms with Crippen LogP contribution in [0.3, 0.4) is 0 Å². The van der Waals surface area contributed by atoms with Gasteiger partial charge in [0.05, 0.1) is 26.0 Å². The summed E-state index contributed by atoms with van der Waals surface area (Å²) in [6.07, 6.45) is 2.65. The van der Waals surface area contributed by atoms with Gasteiger partial charge in [0.25, 0.3) is 10.0 Å². The topological polar surface area (TPSA) is 87.5 Å². The van der Waals surface area contributed by atoms with Crippen molar-refractivity contribution in [3.8, 4) is 22.9 Å². The van der Waals surface area contributed by atoms with E-state index >= 15 is 0 Å². The van der Waals surface area contributed by atoms with Crippen LogP contribution in [-0.4, -0.2) is 37.9 Å². The first-order chi connectivity index (χ1) is 12.9. The predicted octanol–water partition coefficient (Wildman–Crippen LogP) is 2.76. The number of methoxy groups -OCH3 is 2. The Balaban J connectivity index is 2.30. The van der Waals surface area contributed by atoms with Crippen LogP contribution in [0.4, 0.5) is 4.39 Å². The molecule has 0 amide bonds. The Labute approximate surface area is 155 Å². The first kappa shape index (κ1) is 18.6. The van der Waals surface area contributed by atoms with Gasteiger partial charge in [-0.3, -0.25) is 4.79 Å². The summed E-state index contributed by atoms with van der Waals surface area (Å²) < 4.78 is 51.6. The molecule has 140 valence electrons. The predicted molar refractivity (Wildman–Crippen MR) is 95.1 cm³/mol. The van der Waals surface area contributed by atoms with Crippen LogP contribution in [0.2, 0.25) is 0 Å². The van der Waals surface area contributed by atoms with E-state index in [1.807, 2.05) is 0 Å². The van der Waals surface area contributed by atoms with E-state index in [0.29, 0.717) is 6.29 Å². The van der Waals surface area contributed by atoms with Gasteiger partial charge in [0, 0.05) is 17.8 Å². The summed E-state index contributed by atoms with van der Waals surface area (Å²) in [7, 11) is -1.51. The van der Waals surface area contributed by atoms with E-state index in [1.165, 1.54) is 44.6 Å². The third kappa shape index (κ3) is 3.17. The molecule has 3 rings (SSSR count). The molecule has 0 saturated heterocycles. The third-order valence-corrected chi connectivity index (χ3v) is 5.53. The summed E-state index contributed by atoms with van der Waals surface area (Å²) in [6, 6.07) is 8.31. The van der Waals surface area contributed by atoms with E-state index in [0.717, 1.165) is 16.4 Å². The van der Waals surface area contributed by atoms with Crippen LogP contribution in [0.1, 0.15) is 10.4 Å². The minimum atomic E-state index is -4.19. The maximum Gasteiger partial charge on any atom is 0.269 e. The molecule has 0 aliphatic heterocycles. The number of aldehydes is 1. The third-order valence-electron chi connectivity index (χ3n) is 3.89. The molecule has 0 N–H and O–H groups in total. The van der Waals surface area contributed by atoms with Crippen LogP contribution in [0.15, 0.2) is 53.7 Å². The maximum absolute atomic E-state index is 14.4. The lowest BCUT2D eigenvalue weighted by molar-refractivity contribution is 0.112. The molecule has 0 atom stereocenters. The second-order valence-corrected chi connectivity index (χ2v) is 7.22. The molecule has 0 bridgehead atoms. The number of halogens is 1. The Morgan fingerprint density at radius 3 is 2.41 bits per heavy atom. The lowest BCUT2D eigenvalue weighted by Gasteiger charge is -2.12.